The summed E-state index contributed by atoms with van der Waals surface area (Å²) in [6.07, 6.45) is 2.71. The third-order valence-corrected chi connectivity index (χ3v) is 5.97. The van der Waals surface area contributed by atoms with Gasteiger partial charge >= 0.3 is 0 Å². The molecule has 1 amide bonds. The first-order chi connectivity index (χ1) is 17.6. The van der Waals surface area contributed by atoms with Crippen LogP contribution in [0, 0.1) is 29.1 Å². The number of hydrogen-bond donors (Lipinski definition) is 2. The van der Waals surface area contributed by atoms with Gasteiger partial charge in [-0.3, -0.25) is 4.79 Å². The van der Waals surface area contributed by atoms with Crippen molar-refractivity contribution in [2.45, 2.75) is 11.5 Å². The second-order valence-corrected chi connectivity index (χ2v) is 8.79. The van der Waals surface area contributed by atoms with Crippen molar-refractivity contribution < 1.29 is 44.3 Å². The number of nitrogens with one attached hydrogen (secondary N) is 2. The van der Waals surface area contributed by atoms with Gasteiger partial charge in [-0.15, -0.1) is 0 Å². The quantitative estimate of drug-likeness (QED) is 0.193. The Morgan fingerprint density at radius 3 is 2.08 bits per heavy atom. The maximum atomic E-state index is 13.7. The SMILES string of the molecule is O=C(Nc1ccc(S(=O)(=O)Nc2ncccn2)cc1)c1ccc(COc2c(F)c(F)c(F)c(F)c2F)o1. The fourth-order valence-electron chi connectivity index (χ4n) is 2.87. The molecule has 2 N–H and O–H groups in total. The van der Waals surface area contributed by atoms with Crippen molar-refractivity contribution in [3.63, 3.8) is 0 Å². The number of furan rings is 1. The lowest BCUT2D eigenvalue weighted by Gasteiger charge is -2.09. The number of anilines is 2. The number of amides is 1. The van der Waals surface area contributed by atoms with E-state index < -0.39 is 57.4 Å². The highest BCUT2D eigenvalue weighted by molar-refractivity contribution is 7.92. The number of halogens is 5. The van der Waals surface area contributed by atoms with Crippen molar-refractivity contribution in [1.29, 1.82) is 0 Å². The molecule has 0 unspecified atom stereocenters. The summed E-state index contributed by atoms with van der Waals surface area (Å²) in [7, 11) is -3.99. The van der Waals surface area contributed by atoms with E-state index in [1.54, 1.807) is 0 Å². The minimum Gasteiger partial charge on any atom is -0.479 e. The minimum absolute atomic E-state index is 0.127. The Bertz CT molecular complexity index is 1540. The molecule has 0 radical (unpaired) electrons. The highest BCUT2D eigenvalue weighted by Crippen LogP contribution is 2.30. The lowest BCUT2D eigenvalue weighted by Crippen LogP contribution is -2.15. The molecule has 0 aliphatic rings. The summed E-state index contributed by atoms with van der Waals surface area (Å²) in [6.45, 7) is -0.754. The summed E-state index contributed by atoms with van der Waals surface area (Å²) in [6, 6.07) is 8.91. The van der Waals surface area contributed by atoms with E-state index in [9.17, 15) is 35.2 Å². The third-order valence-electron chi connectivity index (χ3n) is 4.63. The van der Waals surface area contributed by atoms with Crippen molar-refractivity contribution in [3.8, 4) is 5.75 Å². The lowest BCUT2D eigenvalue weighted by atomic mass is 10.2. The van der Waals surface area contributed by atoms with Crippen LogP contribution in [-0.2, 0) is 16.6 Å². The molecule has 37 heavy (non-hydrogen) atoms. The van der Waals surface area contributed by atoms with Crippen LogP contribution in [0.15, 0.2) is 64.2 Å². The zero-order valence-corrected chi connectivity index (χ0v) is 19.0. The molecule has 15 heteroatoms. The van der Waals surface area contributed by atoms with Crippen LogP contribution in [0.1, 0.15) is 16.3 Å². The average Bonchev–Trinajstić information content (AvgIpc) is 3.36. The van der Waals surface area contributed by atoms with Gasteiger partial charge in [0.2, 0.25) is 35.0 Å². The maximum Gasteiger partial charge on any atom is 0.291 e. The van der Waals surface area contributed by atoms with Crippen LogP contribution < -0.4 is 14.8 Å². The summed E-state index contributed by atoms with van der Waals surface area (Å²) in [5, 5.41) is 2.44. The van der Waals surface area contributed by atoms with Gasteiger partial charge < -0.3 is 14.5 Å². The first-order valence-electron chi connectivity index (χ1n) is 10.0. The van der Waals surface area contributed by atoms with Crippen molar-refractivity contribution in [1.82, 2.24) is 9.97 Å². The summed E-state index contributed by atoms with van der Waals surface area (Å²) in [5.41, 5.74) is 0.190. The fraction of sp³-hybridized carbons (Fsp3) is 0.0455. The molecule has 9 nitrogen and oxygen atoms in total. The predicted molar refractivity (Wildman–Crippen MR) is 117 cm³/mol. The Morgan fingerprint density at radius 2 is 1.46 bits per heavy atom. The number of aromatic nitrogens is 2. The van der Waals surface area contributed by atoms with Gasteiger partial charge in [-0.05, 0) is 42.5 Å². The monoisotopic (exact) mass is 540 g/mol. The van der Waals surface area contributed by atoms with Crippen molar-refractivity contribution in [2.75, 3.05) is 10.0 Å². The molecule has 0 spiro atoms. The first kappa shape index (κ1) is 25.6. The van der Waals surface area contributed by atoms with E-state index >= 15 is 0 Å². The van der Waals surface area contributed by atoms with Crippen molar-refractivity contribution in [2.24, 2.45) is 0 Å². The molecule has 0 bridgehead atoms. The van der Waals surface area contributed by atoms with Gasteiger partial charge in [-0.2, -0.15) is 8.78 Å². The van der Waals surface area contributed by atoms with Crippen LogP contribution >= 0.6 is 0 Å². The summed E-state index contributed by atoms with van der Waals surface area (Å²) >= 11 is 0. The first-order valence-corrected chi connectivity index (χ1v) is 11.5. The van der Waals surface area contributed by atoms with Crippen LogP contribution in [0.25, 0.3) is 0 Å². The minimum atomic E-state index is -3.99. The maximum absolute atomic E-state index is 13.7. The Labute approximate surface area is 205 Å². The predicted octanol–water partition coefficient (Wildman–Crippen LogP) is 4.40. The van der Waals surface area contributed by atoms with Crippen LogP contribution in [0.5, 0.6) is 5.75 Å². The topological polar surface area (TPSA) is 123 Å². The molecule has 0 saturated carbocycles. The molecule has 0 atom stereocenters. The zero-order chi connectivity index (χ0) is 26.7. The lowest BCUT2D eigenvalue weighted by molar-refractivity contribution is 0.0992. The second kappa shape index (κ2) is 10.2. The number of nitrogens with zero attached hydrogens (tertiary/aromatic N) is 2. The number of ether oxygens (including phenoxy) is 1. The van der Waals surface area contributed by atoms with Crippen molar-refractivity contribution >= 4 is 27.6 Å². The highest BCUT2D eigenvalue weighted by Gasteiger charge is 2.27. The second-order valence-electron chi connectivity index (χ2n) is 7.11. The summed E-state index contributed by atoms with van der Waals surface area (Å²) in [4.78, 5) is 19.8. The molecule has 0 fully saturated rings. The van der Waals surface area contributed by atoms with Gasteiger partial charge in [-0.25, -0.2) is 36.3 Å². The number of carbonyl (C=O) groups excluding carboxylic acids is 1. The van der Waals surface area contributed by atoms with Crippen LogP contribution in [-0.4, -0.2) is 24.3 Å². The van der Waals surface area contributed by atoms with E-state index in [1.807, 2.05) is 0 Å². The Balaban J connectivity index is 1.39. The van der Waals surface area contributed by atoms with Gasteiger partial charge in [0, 0.05) is 18.1 Å². The Morgan fingerprint density at radius 1 is 0.865 bits per heavy atom. The molecule has 192 valence electrons. The molecule has 0 saturated heterocycles. The highest BCUT2D eigenvalue weighted by atomic mass is 32.2. The number of hydrogen-bond acceptors (Lipinski definition) is 7. The van der Waals surface area contributed by atoms with E-state index in [2.05, 4.69) is 24.7 Å². The van der Waals surface area contributed by atoms with Gasteiger partial charge in [-0.1, -0.05) is 0 Å². The normalized spacial score (nSPS) is 11.3. The molecular formula is C22H13F5N4O5S. The molecule has 0 aliphatic carbocycles. The molecule has 2 aromatic carbocycles. The van der Waals surface area contributed by atoms with Gasteiger partial charge in [0.05, 0.1) is 4.90 Å². The van der Waals surface area contributed by atoms with Gasteiger partial charge in [0.15, 0.2) is 11.5 Å². The number of benzene rings is 2. The average molecular weight is 540 g/mol. The number of carbonyl (C=O) groups is 1. The largest absolute Gasteiger partial charge is 0.479 e. The molecule has 0 aliphatic heterocycles. The molecule has 2 heterocycles. The smallest absolute Gasteiger partial charge is 0.291 e. The van der Waals surface area contributed by atoms with Crippen LogP contribution in [0.4, 0.5) is 33.6 Å². The third kappa shape index (κ3) is 5.50. The van der Waals surface area contributed by atoms with Gasteiger partial charge in [0.1, 0.15) is 12.4 Å². The summed E-state index contributed by atoms with van der Waals surface area (Å²) < 4.78 is 104. The van der Waals surface area contributed by atoms with E-state index in [-0.39, 0.29) is 28.1 Å². The molecule has 4 rings (SSSR count). The van der Waals surface area contributed by atoms with Crippen LogP contribution in [0.2, 0.25) is 0 Å². The molecule has 4 aromatic rings. The zero-order valence-electron chi connectivity index (χ0n) is 18.1. The van der Waals surface area contributed by atoms with Gasteiger partial charge in [0.25, 0.3) is 15.9 Å². The molecular weight excluding hydrogens is 527 g/mol. The standard InChI is InChI=1S/C22H13F5N4O5S/c23-15-16(24)18(26)20(19(27)17(15)25)35-10-12-4-7-14(36-12)21(32)30-11-2-5-13(6-3-11)37(33,34)31-22-28-8-1-9-29-22/h1-9H,10H2,(H,30,32)(H,28,29,31). The van der Waals surface area contributed by atoms with Crippen LogP contribution in [0.3, 0.4) is 0 Å². The fourth-order valence-corrected chi connectivity index (χ4v) is 3.83. The van der Waals surface area contributed by atoms with Crippen molar-refractivity contribution in [3.05, 3.63) is 95.5 Å². The molecule has 2 aromatic heterocycles. The van der Waals surface area contributed by atoms with E-state index in [1.165, 1.54) is 54.9 Å². The van der Waals surface area contributed by atoms with E-state index in [0.29, 0.717) is 0 Å². The number of rotatable bonds is 8. The summed E-state index contributed by atoms with van der Waals surface area (Å²) in [5.74, 6) is -13.8. The van der Waals surface area contributed by atoms with E-state index in [4.69, 9.17) is 4.42 Å². The number of sulfonamides is 1. The Hall–Kier alpha value is -4.53. The Kier molecular flexibility index (Phi) is 7.06. The van der Waals surface area contributed by atoms with E-state index in [0.717, 1.165) is 0 Å².